The van der Waals surface area contributed by atoms with Gasteiger partial charge in [-0.3, -0.25) is 14.2 Å². The Morgan fingerprint density at radius 3 is 2.68 bits per heavy atom. The van der Waals surface area contributed by atoms with Crippen molar-refractivity contribution in [1.29, 1.82) is 0 Å². The molecule has 0 spiro atoms. The number of aryl methyl sites for hydroxylation is 1. The fourth-order valence-corrected chi connectivity index (χ4v) is 3.25. The lowest BCUT2D eigenvalue weighted by Gasteiger charge is -2.15. The Kier molecular flexibility index (Phi) is 7.87. The Bertz CT molecular complexity index is 1540. The third-order valence-corrected chi connectivity index (χ3v) is 5.18. The number of rotatable bonds is 10. The van der Waals surface area contributed by atoms with Crippen molar-refractivity contribution in [2.45, 2.75) is 0 Å². The smallest absolute Gasteiger partial charge is 0.295 e. The van der Waals surface area contributed by atoms with Crippen LogP contribution in [0.15, 0.2) is 60.3 Å². The van der Waals surface area contributed by atoms with Crippen molar-refractivity contribution < 1.29 is 18.7 Å². The third-order valence-electron chi connectivity index (χ3n) is 5.18. The molecule has 0 aliphatic rings. The monoisotopic (exact) mass is 520 g/mol. The van der Waals surface area contributed by atoms with E-state index in [2.05, 4.69) is 37.1 Å². The summed E-state index contributed by atoms with van der Waals surface area (Å²) >= 11 is 0. The van der Waals surface area contributed by atoms with Crippen LogP contribution in [-0.2, 0) is 11.8 Å². The van der Waals surface area contributed by atoms with E-state index in [-0.39, 0.29) is 17.6 Å². The highest BCUT2D eigenvalue weighted by molar-refractivity contribution is 6.00. The highest BCUT2D eigenvalue weighted by Gasteiger charge is 2.14. The second kappa shape index (κ2) is 11.4. The summed E-state index contributed by atoms with van der Waals surface area (Å²) in [5, 5.41) is 6.19. The zero-order chi connectivity index (χ0) is 27.2. The fraction of sp³-hybridized carbons (Fsp3) is 0.200. The molecule has 0 saturated heterocycles. The van der Waals surface area contributed by atoms with E-state index in [0.29, 0.717) is 41.4 Å². The van der Waals surface area contributed by atoms with Crippen molar-refractivity contribution in [1.82, 2.24) is 29.4 Å². The molecule has 12 nitrogen and oxygen atoms in total. The fourth-order valence-electron chi connectivity index (χ4n) is 3.25. The molecule has 0 bridgehead atoms. The zero-order valence-corrected chi connectivity index (χ0v) is 20.9. The van der Waals surface area contributed by atoms with E-state index in [9.17, 15) is 14.0 Å². The number of carbonyl (C=O) groups excluding carboxylic acids is 1. The molecule has 0 radical (unpaired) electrons. The average Bonchev–Trinajstić information content (AvgIpc) is 2.89. The van der Waals surface area contributed by atoms with Gasteiger partial charge < -0.3 is 25.0 Å². The van der Waals surface area contributed by atoms with E-state index in [4.69, 9.17) is 9.47 Å². The lowest BCUT2D eigenvalue weighted by Crippen LogP contribution is -2.20. The molecule has 13 heteroatoms. The molecule has 4 aromatic heterocycles. The van der Waals surface area contributed by atoms with Crippen molar-refractivity contribution in [3.63, 3.8) is 0 Å². The molecule has 2 N–H and O–H groups in total. The molecule has 1 amide bonds. The largest absolute Gasteiger partial charge is 0.488 e. The predicted molar refractivity (Wildman–Crippen MR) is 139 cm³/mol. The molecule has 4 aromatic rings. The molecule has 0 atom stereocenters. The van der Waals surface area contributed by atoms with Crippen molar-refractivity contribution in [2.75, 3.05) is 37.9 Å². The van der Waals surface area contributed by atoms with Crippen LogP contribution in [0.1, 0.15) is 0 Å². The van der Waals surface area contributed by atoms with Gasteiger partial charge in [-0.2, -0.15) is 4.98 Å². The molecule has 0 unspecified atom stereocenters. The maximum absolute atomic E-state index is 13.1. The van der Waals surface area contributed by atoms with Gasteiger partial charge in [0.25, 0.3) is 5.56 Å². The van der Waals surface area contributed by atoms with Crippen LogP contribution in [0.25, 0.3) is 11.0 Å². The van der Waals surface area contributed by atoms with E-state index in [0.717, 1.165) is 12.3 Å². The molecule has 196 valence electrons. The predicted octanol–water partition coefficient (Wildman–Crippen LogP) is 2.86. The quantitative estimate of drug-likeness (QED) is 0.300. The number of anilines is 3. The molecule has 0 saturated carbocycles. The lowest BCUT2D eigenvalue weighted by atomic mass is 10.3. The van der Waals surface area contributed by atoms with Crippen LogP contribution >= 0.6 is 0 Å². The highest BCUT2D eigenvalue weighted by atomic mass is 19.1. The van der Waals surface area contributed by atoms with Gasteiger partial charge in [-0.15, -0.1) is 0 Å². The number of aromatic nitrogens is 5. The maximum Gasteiger partial charge on any atom is 0.295 e. The number of hydrogen-bond donors (Lipinski definition) is 2. The molecule has 0 aromatic carbocycles. The normalized spacial score (nSPS) is 10.9. The number of halogens is 1. The number of amides is 1. The van der Waals surface area contributed by atoms with Crippen LogP contribution in [0.4, 0.5) is 21.8 Å². The van der Waals surface area contributed by atoms with Crippen LogP contribution in [0, 0.1) is 5.82 Å². The van der Waals surface area contributed by atoms with Gasteiger partial charge in [-0.1, -0.05) is 6.58 Å². The molecular weight excluding hydrogens is 495 g/mol. The summed E-state index contributed by atoms with van der Waals surface area (Å²) in [6, 6.07) is 5.55. The Balaban J connectivity index is 1.59. The average molecular weight is 521 g/mol. The van der Waals surface area contributed by atoms with Crippen LogP contribution in [0.2, 0.25) is 0 Å². The van der Waals surface area contributed by atoms with E-state index in [1.54, 1.807) is 6.07 Å². The van der Waals surface area contributed by atoms with Crippen molar-refractivity contribution in [3.05, 3.63) is 71.7 Å². The first-order chi connectivity index (χ1) is 18.2. The van der Waals surface area contributed by atoms with Crippen molar-refractivity contribution in [2.24, 2.45) is 7.05 Å². The second-order valence-corrected chi connectivity index (χ2v) is 8.30. The van der Waals surface area contributed by atoms with Crippen molar-refractivity contribution >= 4 is 34.4 Å². The molecule has 0 aliphatic carbocycles. The van der Waals surface area contributed by atoms with Gasteiger partial charge in [-0.05, 0) is 32.3 Å². The van der Waals surface area contributed by atoms with Gasteiger partial charge >= 0.3 is 0 Å². The van der Waals surface area contributed by atoms with Crippen molar-refractivity contribution in [3.8, 4) is 17.4 Å². The molecule has 4 heterocycles. The second-order valence-electron chi connectivity index (χ2n) is 8.30. The van der Waals surface area contributed by atoms with Crippen LogP contribution in [0.5, 0.6) is 17.4 Å². The zero-order valence-electron chi connectivity index (χ0n) is 20.9. The summed E-state index contributed by atoms with van der Waals surface area (Å²) in [4.78, 5) is 43.6. The Labute approximate surface area is 216 Å². The number of carbonyl (C=O) groups is 1. The topological polar surface area (TPSA) is 136 Å². The summed E-state index contributed by atoms with van der Waals surface area (Å²) in [6.07, 6.45) is 5.12. The van der Waals surface area contributed by atoms with Gasteiger partial charge in [0.1, 0.15) is 23.9 Å². The first-order valence-electron chi connectivity index (χ1n) is 11.4. The van der Waals surface area contributed by atoms with E-state index in [1.807, 2.05) is 19.0 Å². The third kappa shape index (κ3) is 6.25. The lowest BCUT2D eigenvalue weighted by molar-refractivity contribution is -0.111. The Morgan fingerprint density at radius 1 is 1.16 bits per heavy atom. The minimum atomic E-state index is -0.520. The molecule has 0 aliphatic heterocycles. The SMILES string of the molecule is C=CC(=O)Nc1cc(Nc2ncc3cc(Oc4ccc(F)cn4)c(=O)n(C)c3n2)ncc1OCCN(C)C. The van der Waals surface area contributed by atoms with Crippen LogP contribution < -0.4 is 25.7 Å². The van der Waals surface area contributed by atoms with E-state index in [1.165, 1.54) is 42.2 Å². The first kappa shape index (κ1) is 26.2. The minimum absolute atomic E-state index is 0.0162. The Hall–Kier alpha value is -4.91. The number of pyridine rings is 3. The Morgan fingerprint density at radius 2 is 1.97 bits per heavy atom. The van der Waals surface area contributed by atoms with E-state index < -0.39 is 17.3 Å². The molecule has 0 fully saturated rings. The van der Waals surface area contributed by atoms with Gasteiger partial charge in [0.15, 0.2) is 11.5 Å². The van der Waals surface area contributed by atoms with Crippen LogP contribution in [-0.4, -0.2) is 62.6 Å². The molecule has 38 heavy (non-hydrogen) atoms. The van der Waals surface area contributed by atoms with Gasteiger partial charge in [0.05, 0.1) is 18.1 Å². The number of likely N-dealkylation sites (N-methyl/N-ethyl adjacent to an activating group) is 1. The summed E-state index contributed by atoms with van der Waals surface area (Å²) in [7, 11) is 5.38. The molecule has 4 rings (SSSR count). The standard InChI is InChI=1S/C25H25FN8O4/c1-5-21(35)30-17-11-20(27-14-19(17)37-9-8-33(2)3)31-25-29-12-15-10-18(24(36)34(4)23(15)32-25)38-22-7-6-16(26)13-28-22/h5-7,10-14H,1,8-9H2,2-4H3,(H2,27,29,30,31,32,35). The van der Waals surface area contributed by atoms with Gasteiger partial charge in [-0.25, -0.2) is 19.3 Å². The maximum atomic E-state index is 13.1. The first-order valence-corrected chi connectivity index (χ1v) is 11.4. The van der Waals surface area contributed by atoms with Gasteiger partial charge in [0.2, 0.25) is 17.7 Å². The summed E-state index contributed by atoms with van der Waals surface area (Å²) < 4.78 is 25.7. The number of hydrogen-bond acceptors (Lipinski definition) is 10. The van der Waals surface area contributed by atoms with Crippen LogP contribution in [0.3, 0.4) is 0 Å². The number of nitrogens with one attached hydrogen (secondary N) is 2. The number of fused-ring (bicyclic) bond motifs is 1. The highest BCUT2D eigenvalue weighted by Crippen LogP contribution is 2.28. The summed E-state index contributed by atoms with van der Waals surface area (Å²) in [5.74, 6) is 0.00252. The minimum Gasteiger partial charge on any atom is -0.488 e. The molecular formula is C25H25FN8O4. The summed E-state index contributed by atoms with van der Waals surface area (Å²) in [5.41, 5.74) is 0.242. The van der Waals surface area contributed by atoms with Gasteiger partial charge in [0, 0.05) is 37.3 Å². The van der Waals surface area contributed by atoms with E-state index >= 15 is 0 Å². The number of nitrogens with zero attached hydrogens (tertiary/aromatic N) is 6. The number of ether oxygens (including phenoxy) is 2. The summed E-state index contributed by atoms with van der Waals surface area (Å²) in [6.45, 7) is 4.54.